The minimum atomic E-state index is -0.467. The van der Waals surface area contributed by atoms with Crippen LogP contribution >= 0.6 is 11.6 Å². The first kappa shape index (κ1) is 20.8. The van der Waals surface area contributed by atoms with Crippen molar-refractivity contribution < 1.29 is 13.9 Å². The van der Waals surface area contributed by atoms with Gasteiger partial charge in [-0.15, -0.1) is 0 Å². The van der Waals surface area contributed by atoms with Crippen LogP contribution in [0.5, 0.6) is 5.75 Å². The Hall–Kier alpha value is -2.48. The van der Waals surface area contributed by atoms with Gasteiger partial charge >= 0.3 is 0 Å². The zero-order valence-electron chi connectivity index (χ0n) is 16.8. The average molecular weight is 431 g/mol. The quantitative estimate of drug-likeness (QED) is 0.532. The van der Waals surface area contributed by atoms with Gasteiger partial charge in [0.2, 0.25) is 0 Å². The number of likely N-dealkylation sites (tertiary alicyclic amines) is 1. The summed E-state index contributed by atoms with van der Waals surface area (Å²) in [6.45, 7) is 5.60. The van der Waals surface area contributed by atoms with Crippen molar-refractivity contribution in [3.63, 3.8) is 0 Å². The van der Waals surface area contributed by atoms with Crippen molar-refractivity contribution in [2.24, 2.45) is 0 Å². The Kier molecular flexibility index (Phi) is 6.62. The first-order valence-corrected chi connectivity index (χ1v) is 10.4. The van der Waals surface area contributed by atoms with Crippen molar-refractivity contribution in [2.45, 2.75) is 25.9 Å². The molecule has 0 saturated carbocycles. The predicted octanol–water partition coefficient (Wildman–Crippen LogP) is 5.00. The van der Waals surface area contributed by atoms with E-state index in [0.717, 1.165) is 43.4 Å². The molecule has 30 heavy (non-hydrogen) atoms. The van der Waals surface area contributed by atoms with Crippen molar-refractivity contribution in [3.05, 3.63) is 53.6 Å². The molecular weight excluding hydrogens is 407 g/mol. The highest BCUT2D eigenvalue weighted by Crippen LogP contribution is 2.28. The molecule has 1 saturated heterocycles. The Labute approximate surface area is 180 Å². The molecule has 158 valence electrons. The Balaban J connectivity index is 1.42. The van der Waals surface area contributed by atoms with Gasteiger partial charge in [-0.1, -0.05) is 18.5 Å². The van der Waals surface area contributed by atoms with Gasteiger partial charge in [-0.3, -0.25) is 0 Å². The monoisotopic (exact) mass is 430 g/mol. The van der Waals surface area contributed by atoms with Gasteiger partial charge in [0, 0.05) is 24.2 Å². The third kappa shape index (κ3) is 4.98. The summed E-state index contributed by atoms with van der Waals surface area (Å²) in [7, 11) is 0. The second kappa shape index (κ2) is 9.55. The smallest absolute Gasteiger partial charge is 0.189 e. The Morgan fingerprint density at radius 3 is 2.77 bits per heavy atom. The topological polar surface area (TPSA) is 59.5 Å². The zero-order valence-corrected chi connectivity index (χ0v) is 17.5. The maximum absolute atomic E-state index is 13.4. The Morgan fingerprint density at radius 2 is 2.00 bits per heavy atom. The molecule has 0 spiro atoms. The fourth-order valence-corrected chi connectivity index (χ4v) is 3.71. The summed E-state index contributed by atoms with van der Waals surface area (Å²) < 4.78 is 25.1. The summed E-state index contributed by atoms with van der Waals surface area (Å²) in [6.07, 6.45) is 3.76. The van der Waals surface area contributed by atoms with Crippen molar-refractivity contribution in [2.75, 3.05) is 31.7 Å². The van der Waals surface area contributed by atoms with Crippen molar-refractivity contribution in [1.82, 2.24) is 14.9 Å². The van der Waals surface area contributed by atoms with Crippen molar-refractivity contribution >= 4 is 34.0 Å². The normalized spacial score (nSPS) is 15.4. The molecule has 2 aromatic carbocycles. The van der Waals surface area contributed by atoms with Gasteiger partial charge in [-0.25, -0.2) is 14.4 Å². The summed E-state index contributed by atoms with van der Waals surface area (Å²) in [5.74, 6) is 0.787. The molecule has 0 bridgehead atoms. The molecular formula is C22H24ClFN4O2. The van der Waals surface area contributed by atoms with E-state index in [1.807, 2.05) is 18.2 Å². The Morgan fingerprint density at radius 1 is 1.17 bits per heavy atom. The first-order valence-electron chi connectivity index (χ1n) is 10.1. The van der Waals surface area contributed by atoms with Gasteiger partial charge in [-0.05, 0) is 55.8 Å². The summed E-state index contributed by atoms with van der Waals surface area (Å²) in [5.41, 5.74) is 1.40. The highest BCUT2D eigenvalue weighted by atomic mass is 35.5. The molecule has 8 heteroatoms. The van der Waals surface area contributed by atoms with E-state index in [0.29, 0.717) is 17.3 Å². The lowest BCUT2D eigenvalue weighted by atomic mass is 10.1. The van der Waals surface area contributed by atoms with Crippen LogP contribution in [0.4, 0.5) is 15.9 Å². The molecule has 1 aromatic heterocycles. The lowest BCUT2D eigenvalue weighted by molar-refractivity contribution is -0.0587. The number of nitrogens with zero attached hydrogens (tertiary/aromatic N) is 3. The van der Waals surface area contributed by atoms with E-state index < -0.39 is 5.82 Å². The van der Waals surface area contributed by atoms with Gasteiger partial charge < -0.3 is 19.7 Å². The van der Waals surface area contributed by atoms with E-state index >= 15 is 0 Å². The molecule has 0 aliphatic carbocycles. The minimum Gasteiger partial charge on any atom is -0.468 e. The molecule has 6 nitrogen and oxygen atoms in total. The summed E-state index contributed by atoms with van der Waals surface area (Å²) in [5, 5.41) is 4.00. The van der Waals surface area contributed by atoms with Crippen LogP contribution in [0.2, 0.25) is 5.02 Å². The molecule has 2 heterocycles. The lowest BCUT2D eigenvalue weighted by Crippen LogP contribution is -2.37. The standard InChI is InChI=1S/C22H24ClFN4O2/c1-2-28-9-7-16(8-10-28)29-14-30-17-4-6-21-18(12-17)22(26-13-25-21)27-15-3-5-20(24)19(23)11-15/h3-6,11-13,16H,2,7-10,14H2,1H3,(H,25,26,27). The third-order valence-electron chi connectivity index (χ3n) is 5.30. The fraction of sp³-hybridized carbons (Fsp3) is 0.364. The van der Waals surface area contributed by atoms with Crippen LogP contribution in [0, 0.1) is 5.82 Å². The van der Waals surface area contributed by atoms with Gasteiger partial charge in [-0.2, -0.15) is 0 Å². The first-order chi connectivity index (χ1) is 14.6. The van der Waals surface area contributed by atoms with Gasteiger partial charge in [0.05, 0.1) is 16.6 Å². The highest BCUT2D eigenvalue weighted by molar-refractivity contribution is 6.31. The number of aromatic nitrogens is 2. The molecule has 1 aliphatic rings. The zero-order chi connectivity index (χ0) is 20.9. The molecule has 0 amide bonds. The summed E-state index contributed by atoms with van der Waals surface area (Å²) in [6, 6.07) is 10.0. The number of benzene rings is 2. The molecule has 4 rings (SSSR count). The largest absolute Gasteiger partial charge is 0.468 e. The number of halogens is 2. The number of piperidine rings is 1. The second-order valence-electron chi connectivity index (χ2n) is 7.22. The summed E-state index contributed by atoms with van der Waals surface area (Å²) in [4.78, 5) is 11.0. The van der Waals surface area contributed by atoms with Crippen molar-refractivity contribution in [1.29, 1.82) is 0 Å². The molecule has 1 N–H and O–H groups in total. The number of nitrogens with one attached hydrogen (secondary N) is 1. The third-order valence-corrected chi connectivity index (χ3v) is 5.59. The number of ether oxygens (including phenoxy) is 2. The van der Waals surface area contributed by atoms with Crippen LogP contribution in [0.25, 0.3) is 10.9 Å². The molecule has 0 unspecified atom stereocenters. The van der Waals surface area contributed by atoms with Crippen molar-refractivity contribution in [3.8, 4) is 5.75 Å². The maximum Gasteiger partial charge on any atom is 0.189 e. The minimum absolute atomic E-state index is 0.0457. The number of rotatable bonds is 7. The maximum atomic E-state index is 13.4. The SMILES string of the molecule is CCN1CCC(OCOc2ccc3ncnc(Nc4ccc(F)c(Cl)c4)c3c2)CC1. The molecule has 3 aromatic rings. The van der Waals surface area contributed by atoms with Crippen LogP contribution in [-0.2, 0) is 4.74 Å². The molecule has 1 aliphatic heterocycles. The van der Waals surface area contributed by atoms with E-state index in [4.69, 9.17) is 21.1 Å². The molecule has 0 atom stereocenters. The fourth-order valence-electron chi connectivity index (χ4n) is 3.53. The molecule has 0 radical (unpaired) electrons. The number of fused-ring (bicyclic) bond motifs is 1. The van der Waals surface area contributed by atoms with Gasteiger partial charge in [0.1, 0.15) is 23.7 Å². The van der Waals surface area contributed by atoms with E-state index in [1.165, 1.54) is 18.5 Å². The molecule has 1 fully saturated rings. The van der Waals surface area contributed by atoms with Crippen LogP contribution in [0.3, 0.4) is 0 Å². The van der Waals surface area contributed by atoms with E-state index in [2.05, 4.69) is 27.1 Å². The second-order valence-corrected chi connectivity index (χ2v) is 7.62. The van der Waals surface area contributed by atoms with Gasteiger partial charge in [0.25, 0.3) is 0 Å². The van der Waals surface area contributed by atoms with E-state index in [1.54, 1.807) is 6.07 Å². The highest BCUT2D eigenvalue weighted by Gasteiger charge is 2.18. The number of anilines is 2. The van der Waals surface area contributed by atoms with Crippen LogP contribution in [-0.4, -0.2) is 47.4 Å². The Bertz CT molecular complexity index is 1010. The average Bonchev–Trinajstić information content (AvgIpc) is 2.77. The van der Waals surface area contributed by atoms with E-state index in [9.17, 15) is 4.39 Å². The van der Waals surface area contributed by atoms with Crippen LogP contribution in [0.1, 0.15) is 19.8 Å². The predicted molar refractivity (Wildman–Crippen MR) is 116 cm³/mol. The van der Waals surface area contributed by atoms with Crippen LogP contribution in [0.15, 0.2) is 42.7 Å². The summed E-state index contributed by atoms with van der Waals surface area (Å²) >= 11 is 5.88. The van der Waals surface area contributed by atoms with E-state index in [-0.39, 0.29) is 17.9 Å². The van der Waals surface area contributed by atoms with Crippen LogP contribution < -0.4 is 10.1 Å². The number of hydrogen-bond acceptors (Lipinski definition) is 6. The number of hydrogen-bond donors (Lipinski definition) is 1. The van der Waals surface area contributed by atoms with Gasteiger partial charge in [0.15, 0.2) is 6.79 Å². The lowest BCUT2D eigenvalue weighted by Gasteiger charge is -2.30.